The molecule has 8 heteroatoms. The maximum atomic E-state index is 13.7. The fourth-order valence-electron chi connectivity index (χ4n) is 5.12. The molecule has 2 N–H and O–H groups in total. The lowest BCUT2D eigenvalue weighted by molar-refractivity contribution is -0.152. The van der Waals surface area contributed by atoms with Gasteiger partial charge in [-0.05, 0) is 35.4 Å². The Morgan fingerprint density at radius 2 is 1.66 bits per heavy atom. The minimum Gasteiger partial charge on any atom is -0.480 e. The number of benzene rings is 3. The lowest BCUT2D eigenvalue weighted by Crippen LogP contribution is -2.59. The second kappa shape index (κ2) is 9.26. The van der Waals surface area contributed by atoms with Crippen LogP contribution in [0.15, 0.2) is 84.9 Å². The molecule has 0 aromatic heterocycles. The van der Waals surface area contributed by atoms with Crippen LogP contribution in [0.5, 0.6) is 0 Å². The van der Waals surface area contributed by atoms with Crippen molar-refractivity contribution in [1.29, 1.82) is 0 Å². The van der Waals surface area contributed by atoms with E-state index in [4.69, 9.17) is 16.3 Å². The van der Waals surface area contributed by atoms with Gasteiger partial charge in [0.1, 0.15) is 0 Å². The van der Waals surface area contributed by atoms with E-state index in [2.05, 4.69) is 5.32 Å². The van der Waals surface area contributed by atoms with Gasteiger partial charge < -0.3 is 9.84 Å². The van der Waals surface area contributed by atoms with E-state index in [1.165, 1.54) is 0 Å². The van der Waals surface area contributed by atoms with E-state index in [0.29, 0.717) is 16.3 Å². The first-order chi connectivity index (χ1) is 16.9. The summed E-state index contributed by atoms with van der Waals surface area (Å²) in [6.45, 7) is -0.127. The van der Waals surface area contributed by atoms with E-state index in [0.717, 1.165) is 10.5 Å². The lowest BCUT2D eigenvalue weighted by atomic mass is 9.79. The fourth-order valence-corrected chi connectivity index (χ4v) is 5.32. The van der Waals surface area contributed by atoms with Crippen molar-refractivity contribution in [2.75, 3.05) is 11.5 Å². The van der Waals surface area contributed by atoms with Crippen molar-refractivity contribution in [3.63, 3.8) is 0 Å². The minimum absolute atomic E-state index is 0.168. The number of carboxylic acid groups (broad SMARTS) is 1. The molecule has 2 amide bonds. The van der Waals surface area contributed by atoms with Gasteiger partial charge in [-0.25, -0.2) is 4.90 Å². The number of imide groups is 1. The smallest absolute Gasteiger partial charge is 0.327 e. The number of halogens is 1. The predicted molar refractivity (Wildman–Crippen MR) is 130 cm³/mol. The van der Waals surface area contributed by atoms with Crippen LogP contribution in [0, 0.1) is 11.8 Å². The van der Waals surface area contributed by atoms with Crippen LogP contribution in [-0.2, 0) is 25.7 Å². The van der Waals surface area contributed by atoms with Gasteiger partial charge in [-0.2, -0.15) is 0 Å². The summed E-state index contributed by atoms with van der Waals surface area (Å²) in [5.74, 6) is -4.35. The minimum atomic E-state index is -1.80. The number of hydrogen-bond donors (Lipinski definition) is 2. The molecule has 3 aromatic carbocycles. The van der Waals surface area contributed by atoms with E-state index in [1.807, 2.05) is 30.3 Å². The molecule has 178 valence electrons. The number of para-hydroxylation sites is 1. The maximum absolute atomic E-state index is 13.7. The number of amides is 2. The van der Waals surface area contributed by atoms with Crippen molar-refractivity contribution in [2.24, 2.45) is 11.8 Å². The number of aliphatic carboxylic acids is 1. The molecule has 5 rings (SSSR count). The summed E-state index contributed by atoms with van der Waals surface area (Å²) < 4.78 is 5.86. The van der Waals surface area contributed by atoms with Gasteiger partial charge in [-0.15, -0.1) is 0 Å². The Kier molecular flexibility index (Phi) is 6.15. The van der Waals surface area contributed by atoms with E-state index in [-0.39, 0.29) is 13.2 Å². The average molecular weight is 491 g/mol. The number of anilines is 1. The molecule has 0 radical (unpaired) electrons. The van der Waals surface area contributed by atoms with E-state index < -0.39 is 41.2 Å². The summed E-state index contributed by atoms with van der Waals surface area (Å²) in [4.78, 5) is 41.3. The monoisotopic (exact) mass is 490 g/mol. The number of carbonyl (C=O) groups excluding carboxylic acids is 2. The molecule has 2 heterocycles. The molecule has 2 saturated heterocycles. The Morgan fingerprint density at radius 3 is 2.31 bits per heavy atom. The standard InChI is InChI=1S/C27H23ClN2O5/c28-19-11-7-10-18(14-19)23-21-22(25(32)30(24(21)31)20-12-5-2-6-13-20)27(29-23,26(33)34)16-35-15-17-8-3-1-4-9-17/h1-14,21-23,29H,15-16H2,(H,33,34). The Balaban J connectivity index is 1.55. The normalized spacial score (nSPS) is 25.6. The molecule has 2 aliphatic heterocycles. The number of rotatable bonds is 7. The van der Waals surface area contributed by atoms with Gasteiger partial charge in [0.05, 0.1) is 30.7 Å². The molecule has 2 aliphatic rings. The lowest BCUT2D eigenvalue weighted by Gasteiger charge is -2.31. The van der Waals surface area contributed by atoms with Crippen LogP contribution in [0.2, 0.25) is 5.02 Å². The summed E-state index contributed by atoms with van der Waals surface area (Å²) in [5, 5.41) is 14.0. The van der Waals surface area contributed by atoms with E-state index in [9.17, 15) is 19.5 Å². The quantitative estimate of drug-likeness (QED) is 0.489. The number of fused-ring (bicyclic) bond motifs is 1. The summed E-state index contributed by atoms with van der Waals surface area (Å²) >= 11 is 6.21. The summed E-state index contributed by atoms with van der Waals surface area (Å²) in [6, 6.07) is 24.0. The van der Waals surface area contributed by atoms with Gasteiger partial charge in [0.25, 0.3) is 0 Å². The third-order valence-electron chi connectivity index (χ3n) is 6.70. The molecular weight excluding hydrogens is 468 g/mol. The molecule has 0 spiro atoms. The highest BCUT2D eigenvalue weighted by atomic mass is 35.5. The molecule has 0 aliphatic carbocycles. The van der Waals surface area contributed by atoms with Crippen molar-refractivity contribution >= 4 is 35.1 Å². The van der Waals surface area contributed by atoms with Crippen LogP contribution in [-0.4, -0.2) is 35.0 Å². The Hall–Kier alpha value is -3.52. The summed E-state index contributed by atoms with van der Waals surface area (Å²) in [6.07, 6.45) is 0. The van der Waals surface area contributed by atoms with Crippen molar-refractivity contribution in [2.45, 2.75) is 18.2 Å². The highest BCUT2D eigenvalue weighted by molar-refractivity contribution is 6.30. The Labute approximate surface area is 207 Å². The number of carboxylic acids is 1. The molecule has 4 unspecified atom stereocenters. The molecule has 0 bridgehead atoms. The number of nitrogens with one attached hydrogen (secondary N) is 1. The number of hydrogen-bond acceptors (Lipinski definition) is 5. The number of ether oxygens (including phenoxy) is 1. The molecule has 2 fully saturated rings. The van der Waals surface area contributed by atoms with Gasteiger partial charge in [0.2, 0.25) is 11.8 Å². The molecule has 0 saturated carbocycles. The molecule has 3 aromatic rings. The number of carbonyl (C=O) groups is 3. The average Bonchev–Trinajstić information content (AvgIpc) is 3.34. The van der Waals surface area contributed by atoms with Crippen molar-refractivity contribution in [3.05, 3.63) is 101 Å². The van der Waals surface area contributed by atoms with Crippen LogP contribution in [0.1, 0.15) is 17.2 Å². The zero-order valence-corrected chi connectivity index (χ0v) is 19.4. The highest BCUT2D eigenvalue weighted by Crippen LogP contribution is 2.50. The zero-order valence-electron chi connectivity index (χ0n) is 18.6. The second-order valence-electron chi connectivity index (χ2n) is 8.78. The first-order valence-corrected chi connectivity index (χ1v) is 11.6. The summed E-state index contributed by atoms with van der Waals surface area (Å²) in [7, 11) is 0. The maximum Gasteiger partial charge on any atom is 0.327 e. The van der Waals surface area contributed by atoms with Crippen LogP contribution >= 0.6 is 11.6 Å². The second-order valence-corrected chi connectivity index (χ2v) is 9.22. The van der Waals surface area contributed by atoms with Gasteiger partial charge in [-0.3, -0.25) is 19.7 Å². The van der Waals surface area contributed by atoms with Crippen LogP contribution in [0.25, 0.3) is 0 Å². The van der Waals surface area contributed by atoms with Crippen molar-refractivity contribution < 1.29 is 24.2 Å². The Morgan fingerprint density at radius 1 is 0.971 bits per heavy atom. The molecular formula is C27H23ClN2O5. The zero-order chi connectivity index (χ0) is 24.6. The van der Waals surface area contributed by atoms with Crippen LogP contribution < -0.4 is 10.2 Å². The van der Waals surface area contributed by atoms with Crippen molar-refractivity contribution in [3.8, 4) is 0 Å². The van der Waals surface area contributed by atoms with Crippen LogP contribution in [0.4, 0.5) is 5.69 Å². The third kappa shape index (κ3) is 4.01. The van der Waals surface area contributed by atoms with Gasteiger partial charge in [0, 0.05) is 11.1 Å². The molecule has 35 heavy (non-hydrogen) atoms. The largest absolute Gasteiger partial charge is 0.480 e. The highest BCUT2D eigenvalue weighted by Gasteiger charge is 2.69. The van der Waals surface area contributed by atoms with Gasteiger partial charge in [-0.1, -0.05) is 72.3 Å². The number of nitrogens with zero attached hydrogens (tertiary/aromatic N) is 1. The van der Waals surface area contributed by atoms with Gasteiger partial charge >= 0.3 is 5.97 Å². The first-order valence-electron chi connectivity index (χ1n) is 11.2. The first kappa shape index (κ1) is 23.2. The predicted octanol–water partition coefficient (Wildman–Crippen LogP) is 3.83. The molecule has 7 nitrogen and oxygen atoms in total. The topological polar surface area (TPSA) is 95.9 Å². The SMILES string of the molecule is O=C1C2C(c3cccc(Cl)c3)NC(COCc3ccccc3)(C(=O)O)C2C(=O)N1c1ccccc1. The van der Waals surface area contributed by atoms with Crippen LogP contribution in [0.3, 0.4) is 0 Å². The Bertz CT molecular complexity index is 1270. The van der Waals surface area contributed by atoms with Gasteiger partial charge in [0.15, 0.2) is 5.54 Å². The third-order valence-corrected chi connectivity index (χ3v) is 6.93. The summed E-state index contributed by atoms with van der Waals surface area (Å²) in [5.41, 5.74) is 0.109. The van der Waals surface area contributed by atoms with E-state index >= 15 is 0 Å². The molecule has 4 atom stereocenters. The van der Waals surface area contributed by atoms with E-state index in [1.54, 1.807) is 54.6 Å². The fraction of sp³-hybridized carbons (Fsp3) is 0.222. The van der Waals surface area contributed by atoms with Crippen molar-refractivity contribution in [1.82, 2.24) is 5.32 Å².